The van der Waals surface area contributed by atoms with Crippen LogP contribution in [0.2, 0.25) is 0 Å². The zero-order chi connectivity index (χ0) is 29.4. The summed E-state index contributed by atoms with van der Waals surface area (Å²) in [6.07, 6.45) is 6.82. The molecule has 0 radical (unpaired) electrons. The standard InChI is InChI=1S/C17H20N2S.C13H20N2.C2H6.CH4S/c1-11-8-12(2)14(13(3)9-11)10-16(19-5)17-15(18-4)6-7-20-17;1-11-3-2-4-12(9-11)10-15-7-5-13(14)6-8-15;2*1-2/h6-9H,5,10H2,1-4H3;2-4,9,13H,5-8,10,14H2,1H3;1-2H3;2H,1H3/b17-16+,18-15?;;;. The first-order valence-corrected chi connectivity index (χ1v) is 15.6. The lowest BCUT2D eigenvalue weighted by Crippen LogP contribution is -2.39. The van der Waals surface area contributed by atoms with E-state index in [0.717, 1.165) is 55.2 Å². The van der Waals surface area contributed by atoms with Crippen molar-refractivity contribution in [3.05, 3.63) is 91.9 Å². The Labute approximate surface area is 248 Å². The first-order valence-electron chi connectivity index (χ1n) is 13.9. The molecule has 1 fully saturated rings. The summed E-state index contributed by atoms with van der Waals surface area (Å²) in [5.41, 5.74) is 15.9. The van der Waals surface area contributed by atoms with Crippen LogP contribution in [0.1, 0.15) is 60.1 Å². The van der Waals surface area contributed by atoms with Crippen molar-refractivity contribution in [3.63, 3.8) is 0 Å². The quantitative estimate of drug-likeness (QED) is 0.286. The van der Waals surface area contributed by atoms with Gasteiger partial charge in [0.05, 0.1) is 16.3 Å². The van der Waals surface area contributed by atoms with E-state index in [9.17, 15) is 0 Å². The zero-order valence-electron chi connectivity index (χ0n) is 25.4. The molecule has 0 aromatic heterocycles. The van der Waals surface area contributed by atoms with Gasteiger partial charge in [0.1, 0.15) is 0 Å². The number of nitrogens with two attached hydrogens (primary N) is 1. The molecule has 2 N–H and O–H groups in total. The molecule has 2 heterocycles. The number of hydrogen-bond acceptors (Lipinski definition) is 6. The first kappa shape index (κ1) is 34.9. The Morgan fingerprint density at radius 3 is 2.18 bits per heavy atom. The van der Waals surface area contributed by atoms with Gasteiger partial charge in [-0.1, -0.05) is 73.1 Å². The van der Waals surface area contributed by atoms with Crippen LogP contribution in [-0.4, -0.2) is 49.8 Å². The maximum atomic E-state index is 5.89. The third kappa shape index (κ3) is 11.5. The second-order valence-electron chi connectivity index (χ2n) is 9.62. The van der Waals surface area contributed by atoms with Crippen LogP contribution in [0.15, 0.2) is 68.5 Å². The van der Waals surface area contributed by atoms with Crippen molar-refractivity contribution >= 4 is 36.8 Å². The Hall–Kier alpha value is -2.12. The highest BCUT2D eigenvalue weighted by Crippen LogP contribution is 2.32. The summed E-state index contributed by atoms with van der Waals surface area (Å²) in [4.78, 5) is 12.2. The molecule has 0 amide bonds. The maximum Gasteiger partial charge on any atom is 0.0733 e. The van der Waals surface area contributed by atoms with Crippen LogP contribution in [-0.2, 0) is 13.0 Å². The van der Waals surface area contributed by atoms with Gasteiger partial charge in [0.25, 0.3) is 0 Å². The number of likely N-dealkylation sites (tertiary alicyclic amines) is 1. The predicted molar refractivity (Wildman–Crippen MR) is 181 cm³/mol. The number of nitrogens with zero attached hydrogens (tertiary/aromatic N) is 3. The van der Waals surface area contributed by atoms with E-state index in [1.54, 1.807) is 18.0 Å². The fourth-order valence-electron chi connectivity index (χ4n) is 4.74. The SMILES string of the molecule is C=N/C(Cc1c(C)cc(C)cc1C)=C1/SC=CC1=NC.CC.CS.Cc1cccc(CN2CCC(N)CC2)c1. The van der Waals surface area contributed by atoms with Crippen LogP contribution in [0.4, 0.5) is 0 Å². The first-order chi connectivity index (χ1) is 18.8. The molecule has 1 saturated heterocycles. The van der Waals surface area contributed by atoms with Crippen molar-refractivity contribution in [1.29, 1.82) is 0 Å². The molecule has 214 valence electrons. The van der Waals surface area contributed by atoms with E-state index in [2.05, 4.69) is 104 Å². The van der Waals surface area contributed by atoms with Crippen LogP contribution >= 0.6 is 24.4 Å². The minimum atomic E-state index is 0.429. The molecule has 0 spiro atoms. The number of thioether (sulfide) groups is 1. The minimum absolute atomic E-state index is 0.429. The molecule has 6 heteroatoms. The number of allylic oxidation sites excluding steroid dienone is 3. The normalized spacial score (nSPS) is 17.3. The minimum Gasteiger partial charge on any atom is -0.328 e. The highest BCUT2D eigenvalue weighted by Gasteiger charge is 2.17. The number of thiol groups is 1. The number of rotatable bonds is 5. The number of aliphatic imine (C=N–C) groups is 2. The van der Waals surface area contributed by atoms with E-state index in [-0.39, 0.29) is 0 Å². The van der Waals surface area contributed by atoms with E-state index in [0.29, 0.717) is 6.04 Å². The van der Waals surface area contributed by atoms with Crippen molar-refractivity contribution in [2.75, 3.05) is 26.4 Å². The van der Waals surface area contributed by atoms with E-state index in [4.69, 9.17) is 5.73 Å². The summed E-state index contributed by atoms with van der Waals surface area (Å²) >= 11 is 5.20. The molecule has 0 unspecified atom stereocenters. The van der Waals surface area contributed by atoms with E-state index in [1.165, 1.54) is 33.4 Å². The van der Waals surface area contributed by atoms with Crippen LogP contribution in [0.5, 0.6) is 0 Å². The van der Waals surface area contributed by atoms with E-state index >= 15 is 0 Å². The molecule has 0 atom stereocenters. The van der Waals surface area contributed by atoms with Crippen molar-refractivity contribution in [2.24, 2.45) is 15.7 Å². The number of hydrogen-bond donors (Lipinski definition) is 2. The van der Waals surface area contributed by atoms with Crippen LogP contribution in [0.25, 0.3) is 0 Å². The maximum absolute atomic E-state index is 5.89. The average molecular weight is 567 g/mol. The van der Waals surface area contributed by atoms with Gasteiger partial charge < -0.3 is 5.73 Å². The molecular formula is C33H50N4S2. The summed E-state index contributed by atoms with van der Waals surface area (Å²) in [5.74, 6) is 0. The largest absolute Gasteiger partial charge is 0.328 e. The monoisotopic (exact) mass is 566 g/mol. The molecule has 0 saturated carbocycles. The molecule has 39 heavy (non-hydrogen) atoms. The topological polar surface area (TPSA) is 54.0 Å². The highest BCUT2D eigenvalue weighted by atomic mass is 32.2. The van der Waals surface area contributed by atoms with Gasteiger partial charge in [0.2, 0.25) is 0 Å². The van der Waals surface area contributed by atoms with E-state index in [1.807, 2.05) is 27.0 Å². The Morgan fingerprint density at radius 1 is 1.03 bits per heavy atom. The molecule has 2 aromatic rings. The lowest BCUT2D eigenvalue weighted by molar-refractivity contribution is 0.205. The number of benzene rings is 2. The fourth-order valence-corrected chi connectivity index (χ4v) is 5.62. The Kier molecular flexibility index (Phi) is 17.0. The third-order valence-electron chi connectivity index (χ3n) is 6.64. The molecule has 0 bridgehead atoms. The lowest BCUT2D eigenvalue weighted by Gasteiger charge is -2.30. The summed E-state index contributed by atoms with van der Waals surface area (Å²) in [6.45, 7) is 19.7. The molecule has 2 aliphatic heterocycles. The van der Waals surface area contributed by atoms with E-state index < -0.39 is 0 Å². The second kappa shape index (κ2) is 19.0. The number of piperidine rings is 1. The van der Waals surface area contributed by atoms with Crippen molar-refractivity contribution in [3.8, 4) is 0 Å². The summed E-state index contributed by atoms with van der Waals surface area (Å²) in [7, 11) is 1.81. The van der Waals surface area contributed by atoms with Crippen LogP contribution < -0.4 is 5.73 Å². The average Bonchev–Trinajstić information content (AvgIpc) is 3.41. The van der Waals surface area contributed by atoms with Crippen molar-refractivity contribution in [2.45, 2.75) is 73.4 Å². The van der Waals surface area contributed by atoms with Crippen LogP contribution in [0, 0.1) is 27.7 Å². The summed E-state index contributed by atoms with van der Waals surface area (Å²) in [5, 5.41) is 2.05. The highest BCUT2D eigenvalue weighted by molar-refractivity contribution is 8.07. The molecular weight excluding hydrogens is 517 g/mol. The molecule has 2 aromatic carbocycles. The van der Waals surface area contributed by atoms with Gasteiger partial charge in [0, 0.05) is 26.1 Å². The third-order valence-corrected chi connectivity index (χ3v) is 7.60. The summed E-state index contributed by atoms with van der Waals surface area (Å²) in [6, 6.07) is 13.6. The van der Waals surface area contributed by atoms with Gasteiger partial charge in [-0.3, -0.25) is 14.9 Å². The lowest BCUT2D eigenvalue weighted by atomic mass is 9.96. The molecule has 2 aliphatic rings. The Balaban J connectivity index is 0.000000356. The Morgan fingerprint density at radius 2 is 1.64 bits per heavy atom. The molecule has 0 aliphatic carbocycles. The zero-order valence-corrected chi connectivity index (χ0v) is 27.1. The second-order valence-corrected chi connectivity index (χ2v) is 10.5. The summed E-state index contributed by atoms with van der Waals surface area (Å²) < 4.78 is 0. The van der Waals surface area contributed by atoms with Gasteiger partial charge in [-0.2, -0.15) is 12.6 Å². The Bertz CT molecular complexity index is 1100. The van der Waals surface area contributed by atoms with Gasteiger partial charge in [-0.15, -0.1) is 0 Å². The van der Waals surface area contributed by atoms with Gasteiger partial charge in [-0.25, -0.2) is 0 Å². The molecule has 4 nitrogen and oxygen atoms in total. The number of aryl methyl sites for hydroxylation is 4. The molecule has 4 rings (SSSR count). The van der Waals surface area contributed by atoms with Gasteiger partial charge in [-0.05, 0) is 100 Å². The van der Waals surface area contributed by atoms with Crippen LogP contribution in [0.3, 0.4) is 0 Å². The fraction of sp³-hybridized carbons (Fsp3) is 0.455. The van der Waals surface area contributed by atoms with Crippen molar-refractivity contribution < 1.29 is 0 Å². The smallest absolute Gasteiger partial charge is 0.0733 e. The van der Waals surface area contributed by atoms with Crippen molar-refractivity contribution in [1.82, 2.24) is 4.90 Å². The predicted octanol–water partition coefficient (Wildman–Crippen LogP) is 7.89. The van der Waals surface area contributed by atoms with Gasteiger partial charge >= 0.3 is 0 Å². The van der Waals surface area contributed by atoms with Gasteiger partial charge in [0.15, 0.2) is 0 Å².